The van der Waals surface area contributed by atoms with Gasteiger partial charge in [-0.05, 0) is 26.3 Å². The van der Waals surface area contributed by atoms with E-state index in [1.807, 2.05) is 38.1 Å². The monoisotopic (exact) mass is 381 g/mol. The van der Waals surface area contributed by atoms with Gasteiger partial charge in [0.2, 0.25) is 0 Å². The van der Waals surface area contributed by atoms with Crippen LogP contribution in [0.3, 0.4) is 0 Å². The molecule has 0 unspecified atom stereocenters. The van der Waals surface area contributed by atoms with Gasteiger partial charge in [-0.1, -0.05) is 42.5 Å². The molecule has 0 fully saturated rings. The van der Waals surface area contributed by atoms with Crippen molar-refractivity contribution in [3.63, 3.8) is 0 Å². The zero-order chi connectivity index (χ0) is 20.4. The summed E-state index contributed by atoms with van der Waals surface area (Å²) >= 11 is 0. The quantitative estimate of drug-likeness (QED) is 0.613. The Kier molecular flexibility index (Phi) is 5.35. The number of carbonyl (C=O) groups is 1. The minimum absolute atomic E-state index is 0.0634. The third-order valence-electron chi connectivity index (χ3n) is 4.80. The zero-order valence-corrected chi connectivity index (χ0v) is 16.2. The SMILES string of the molecule is C=CCOC(=O)C1=C(C)Nc2c(c(=O)[nH]c(=O)n2CC)[C@@H]1c1ccc(C)cc1. The predicted molar refractivity (Wildman–Crippen MR) is 107 cm³/mol. The first kappa shape index (κ1) is 19.4. The summed E-state index contributed by atoms with van der Waals surface area (Å²) in [6.07, 6.45) is 1.49. The molecule has 1 aliphatic heterocycles. The fraction of sp³-hybridized carbons (Fsp3) is 0.286. The molecule has 28 heavy (non-hydrogen) atoms. The molecule has 7 heteroatoms. The highest BCUT2D eigenvalue weighted by atomic mass is 16.5. The number of fused-ring (bicyclic) bond motifs is 1. The van der Waals surface area contributed by atoms with Crippen molar-refractivity contribution in [2.75, 3.05) is 11.9 Å². The summed E-state index contributed by atoms with van der Waals surface area (Å²) in [5.41, 5.74) is 2.01. The molecular formula is C21H23N3O4. The van der Waals surface area contributed by atoms with E-state index in [0.29, 0.717) is 29.2 Å². The third kappa shape index (κ3) is 3.31. The van der Waals surface area contributed by atoms with Gasteiger partial charge in [0.1, 0.15) is 12.4 Å². The molecule has 3 rings (SSSR count). The maximum absolute atomic E-state index is 12.8. The number of ether oxygens (including phenoxy) is 1. The molecule has 0 saturated carbocycles. The molecule has 1 aromatic carbocycles. The van der Waals surface area contributed by atoms with Crippen LogP contribution in [0.2, 0.25) is 0 Å². The van der Waals surface area contributed by atoms with Crippen LogP contribution in [0.25, 0.3) is 0 Å². The molecule has 0 saturated heterocycles. The van der Waals surface area contributed by atoms with Gasteiger partial charge in [0.05, 0.1) is 17.1 Å². The number of nitrogens with zero attached hydrogens (tertiary/aromatic N) is 1. The van der Waals surface area contributed by atoms with E-state index in [1.54, 1.807) is 6.92 Å². The number of esters is 1. The molecule has 2 N–H and O–H groups in total. The van der Waals surface area contributed by atoms with Gasteiger partial charge in [0.15, 0.2) is 0 Å². The number of allylic oxidation sites excluding steroid dienone is 1. The van der Waals surface area contributed by atoms with Gasteiger partial charge in [0, 0.05) is 12.2 Å². The molecule has 0 bridgehead atoms. The minimum Gasteiger partial charge on any atom is -0.458 e. The number of carbonyl (C=O) groups excluding carboxylic acids is 1. The third-order valence-corrected chi connectivity index (χ3v) is 4.80. The van der Waals surface area contributed by atoms with Gasteiger partial charge in [-0.2, -0.15) is 0 Å². The van der Waals surface area contributed by atoms with E-state index >= 15 is 0 Å². The molecule has 146 valence electrons. The highest BCUT2D eigenvalue weighted by molar-refractivity contribution is 5.94. The van der Waals surface area contributed by atoms with Crippen LogP contribution in [0.1, 0.15) is 36.5 Å². The molecule has 0 spiro atoms. The number of H-pyrrole nitrogens is 1. The van der Waals surface area contributed by atoms with E-state index < -0.39 is 23.1 Å². The number of hydrogen-bond donors (Lipinski definition) is 2. The van der Waals surface area contributed by atoms with Gasteiger partial charge in [0.25, 0.3) is 5.56 Å². The van der Waals surface area contributed by atoms with Gasteiger partial charge < -0.3 is 10.1 Å². The number of aryl methyl sites for hydroxylation is 1. The number of aromatic amines is 1. The standard InChI is InChI=1S/C21H23N3O4/c1-5-11-28-20(26)15-13(4)22-18-17(19(25)23-21(27)24(18)6-2)16(15)14-9-7-12(3)8-10-14/h5,7-10,16,22H,1,6,11H2,2-4H3,(H,23,25,27)/t16-/m1/s1. The molecule has 2 aromatic rings. The Morgan fingerprint density at radius 2 is 1.93 bits per heavy atom. The Morgan fingerprint density at radius 1 is 1.25 bits per heavy atom. The van der Waals surface area contributed by atoms with E-state index in [0.717, 1.165) is 11.1 Å². The van der Waals surface area contributed by atoms with Gasteiger partial charge in [-0.25, -0.2) is 9.59 Å². The van der Waals surface area contributed by atoms with Crippen molar-refractivity contribution in [2.45, 2.75) is 33.2 Å². The summed E-state index contributed by atoms with van der Waals surface area (Å²) in [7, 11) is 0. The number of anilines is 1. The van der Waals surface area contributed by atoms with E-state index in [1.165, 1.54) is 10.6 Å². The number of rotatable bonds is 5. The largest absolute Gasteiger partial charge is 0.458 e. The Hall–Kier alpha value is -3.35. The predicted octanol–water partition coefficient (Wildman–Crippen LogP) is 2.43. The van der Waals surface area contributed by atoms with Crippen LogP contribution < -0.4 is 16.6 Å². The van der Waals surface area contributed by atoms with Crippen molar-refractivity contribution >= 4 is 11.8 Å². The Labute approximate surface area is 162 Å². The average molecular weight is 381 g/mol. The highest BCUT2D eigenvalue weighted by Gasteiger charge is 2.36. The fourth-order valence-electron chi connectivity index (χ4n) is 3.47. The van der Waals surface area contributed by atoms with Crippen LogP contribution in [-0.4, -0.2) is 22.1 Å². The maximum atomic E-state index is 12.8. The van der Waals surface area contributed by atoms with Crippen LogP contribution in [-0.2, 0) is 16.1 Å². The lowest BCUT2D eigenvalue weighted by Gasteiger charge is -2.30. The Balaban J connectivity index is 2.30. The van der Waals surface area contributed by atoms with Crippen molar-refractivity contribution in [2.24, 2.45) is 0 Å². The van der Waals surface area contributed by atoms with Crippen LogP contribution in [0.15, 0.2) is 57.8 Å². The lowest BCUT2D eigenvalue weighted by molar-refractivity contribution is -0.138. The summed E-state index contributed by atoms with van der Waals surface area (Å²) in [5.74, 6) is -0.786. The molecule has 1 aromatic heterocycles. The van der Waals surface area contributed by atoms with Crippen molar-refractivity contribution in [3.8, 4) is 0 Å². The van der Waals surface area contributed by atoms with Crippen LogP contribution >= 0.6 is 0 Å². The van der Waals surface area contributed by atoms with E-state index in [2.05, 4.69) is 16.9 Å². The Bertz CT molecular complexity index is 1070. The van der Waals surface area contributed by atoms with E-state index in [9.17, 15) is 14.4 Å². The topological polar surface area (TPSA) is 93.2 Å². The van der Waals surface area contributed by atoms with Crippen molar-refractivity contribution in [3.05, 3.63) is 85.7 Å². The summed E-state index contributed by atoms with van der Waals surface area (Å²) in [4.78, 5) is 40.2. The molecule has 2 heterocycles. The normalized spacial score (nSPS) is 15.6. The summed E-state index contributed by atoms with van der Waals surface area (Å²) < 4.78 is 6.73. The van der Waals surface area contributed by atoms with Crippen molar-refractivity contribution in [1.29, 1.82) is 0 Å². The number of hydrogen-bond acceptors (Lipinski definition) is 5. The van der Waals surface area contributed by atoms with E-state index in [4.69, 9.17) is 4.74 Å². The molecular weight excluding hydrogens is 358 g/mol. The summed E-state index contributed by atoms with van der Waals surface area (Å²) in [6, 6.07) is 7.60. The second kappa shape index (κ2) is 7.72. The van der Waals surface area contributed by atoms with Gasteiger partial charge >= 0.3 is 11.7 Å². The minimum atomic E-state index is -0.656. The number of nitrogens with one attached hydrogen (secondary N) is 2. The Morgan fingerprint density at radius 3 is 2.54 bits per heavy atom. The van der Waals surface area contributed by atoms with E-state index in [-0.39, 0.29) is 6.61 Å². The molecule has 7 nitrogen and oxygen atoms in total. The summed E-state index contributed by atoms with van der Waals surface area (Å²) in [6.45, 7) is 9.51. The lowest BCUT2D eigenvalue weighted by atomic mass is 9.82. The molecule has 1 aliphatic rings. The zero-order valence-electron chi connectivity index (χ0n) is 16.2. The van der Waals surface area contributed by atoms with Crippen molar-refractivity contribution in [1.82, 2.24) is 9.55 Å². The fourth-order valence-corrected chi connectivity index (χ4v) is 3.47. The van der Waals surface area contributed by atoms with Crippen LogP contribution in [0, 0.1) is 6.92 Å². The molecule has 0 aliphatic carbocycles. The first-order valence-electron chi connectivity index (χ1n) is 9.08. The molecule has 0 radical (unpaired) electrons. The summed E-state index contributed by atoms with van der Waals surface area (Å²) in [5, 5.41) is 3.08. The number of aromatic nitrogens is 2. The van der Waals surface area contributed by atoms with Crippen molar-refractivity contribution < 1.29 is 9.53 Å². The maximum Gasteiger partial charge on any atom is 0.337 e. The van der Waals surface area contributed by atoms with Gasteiger partial charge in [-0.3, -0.25) is 14.3 Å². The van der Waals surface area contributed by atoms with Crippen LogP contribution in [0.4, 0.5) is 5.82 Å². The first-order chi connectivity index (χ1) is 13.4. The average Bonchev–Trinajstić information content (AvgIpc) is 2.66. The second-order valence-electron chi connectivity index (χ2n) is 6.66. The highest BCUT2D eigenvalue weighted by Crippen LogP contribution is 2.40. The van der Waals surface area contributed by atoms with Gasteiger partial charge in [-0.15, -0.1) is 0 Å². The lowest BCUT2D eigenvalue weighted by Crippen LogP contribution is -2.39. The first-order valence-corrected chi connectivity index (χ1v) is 9.08. The second-order valence-corrected chi connectivity index (χ2v) is 6.66. The molecule has 0 amide bonds. The smallest absolute Gasteiger partial charge is 0.337 e. The van der Waals surface area contributed by atoms with Crippen LogP contribution in [0.5, 0.6) is 0 Å². The number of benzene rings is 1. The molecule has 1 atom stereocenters.